The summed E-state index contributed by atoms with van der Waals surface area (Å²) in [4.78, 5) is 19.0. The molecule has 1 heterocycles. The molecule has 1 aliphatic carbocycles. The summed E-state index contributed by atoms with van der Waals surface area (Å²) in [6.07, 6.45) is 8.89. The van der Waals surface area contributed by atoms with Crippen molar-refractivity contribution in [1.29, 1.82) is 0 Å². The van der Waals surface area contributed by atoms with Gasteiger partial charge in [-0.05, 0) is 38.3 Å². The third-order valence-electron chi connectivity index (χ3n) is 4.18. The van der Waals surface area contributed by atoms with Crippen molar-refractivity contribution in [3.8, 4) is 0 Å². The van der Waals surface area contributed by atoms with Crippen LogP contribution in [0.3, 0.4) is 0 Å². The van der Waals surface area contributed by atoms with Gasteiger partial charge in [-0.1, -0.05) is 26.2 Å². The standard InChI is InChI=1S/C17H27N3O/c1-3-12-18-14-10-11-16(19-13-14)17(21)20(4-2)15-8-6-5-7-9-15/h10-11,13,15,18H,3-9,12H2,1-2H3. The third kappa shape index (κ3) is 4.19. The number of carbonyl (C=O) groups excluding carboxylic acids is 1. The maximum atomic E-state index is 12.6. The zero-order valence-corrected chi connectivity index (χ0v) is 13.3. The second-order valence-corrected chi connectivity index (χ2v) is 5.74. The van der Waals surface area contributed by atoms with Crippen molar-refractivity contribution >= 4 is 11.6 Å². The molecule has 0 unspecified atom stereocenters. The molecule has 1 aromatic rings. The molecule has 0 bridgehead atoms. The Morgan fingerprint density at radius 3 is 2.62 bits per heavy atom. The molecule has 0 atom stereocenters. The lowest BCUT2D eigenvalue weighted by Gasteiger charge is -2.33. The van der Waals surface area contributed by atoms with Crippen molar-refractivity contribution < 1.29 is 4.79 Å². The molecule has 0 radical (unpaired) electrons. The third-order valence-corrected chi connectivity index (χ3v) is 4.18. The Bertz CT molecular complexity index is 438. The van der Waals surface area contributed by atoms with Gasteiger partial charge in [-0.15, -0.1) is 0 Å². The molecule has 0 spiro atoms. The fourth-order valence-electron chi connectivity index (χ4n) is 3.00. The molecule has 1 saturated carbocycles. The topological polar surface area (TPSA) is 45.2 Å². The van der Waals surface area contributed by atoms with Crippen LogP contribution in [-0.2, 0) is 0 Å². The minimum Gasteiger partial charge on any atom is -0.384 e. The normalized spacial score (nSPS) is 15.7. The van der Waals surface area contributed by atoms with Crippen LogP contribution < -0.4 is 5.32 Å². The number of amides is 1. The smallest absolute Gasteiger partial charge is 0.272 e. The Kier molecular flexibility index (Phi) is 6.03. The summed E-state index contributed by atoms with van der Waals surface area (Å²) < 4.78 is 0. The van der Waals surface area contributed by atoms with Crippen LogP contribution in [0.15, 0.2) is 18.3 Å². The first kappa shape index (κ1) is 15.8. The highest BCUT2D eigenvalue weighted by atomic mass is 16.2. The van der Waals surface area contributed by atoms with E-state index in [0.29, 0.717) is 11.7 Å². The van der Waals surface area contributed by atoms with Crippen molar-refractivity contribution in [3.05, 3.63) is 24.0 Å². The number of hydrogen-bond acceptors (Lipinski definition) is 3. The van der Waals surface area contributed by atoms with Crippen molar-refractivity contribution in [1.82, 2.24) is 9.88 Å². The first-order valence-corrected chi connectivity index (χ1v) is 8.27. The van der Waals surface area contributed by atoms with Crippen LogP contribution >= 0.6 is 0 Å². The van der Waals surface area contributed by atoms with Gasteiger partial charge < -0.3 is 10.2 Å². The minimum absolute atomic E-state index is 0.0754. The van der Waals surface area contributed by atoms with Gasteiger partial charge in [0.15, 0.2) is 0 Å². The van der Waals surface area contributed by atoms with Gasteiger partial charge in [-0.3, -0.25) is 4.79 Å². The quantitative estimate of drug-likeness (QED) is 0.868. The summed E-state index contributed by atoms with van der Waals surface area (Å²) in [6.45, 7) is 5.88. The van der Waals surface area contributed by atoms with Crippen LogP contribution in [0.1, 0.15) is 62.9 Å². The number of carbonyl (C=O) groups is 1. The fraction of sp³-hybridized carbons (Fsp3) is 0.647. The van der Waals surface area contributed by atoms with Gasteiger partial charge in [0.05, 0.1) is 11.9 Å². The molecule has 21 heavy (non-hydrogen) atoms. The van der Waals surface area contributed by atoms with E-state index in [-0.39, 0.29) is 5.91 Å². The number of pyridine rings is 1. The van der Waals surface area contributed by atoms with E-state index in [1.807, 2.05) is 17.0 Å². The molecule has 1 N–H and O–H groups in total. The highest BCUT2D eigenvalue weighted by Gasteiger charge is 2.25. The number of rotatable bonds is 6. The second kappa shape index (κ2) is 8.01. The van der Waals surface area contributed by atoms with E-state index in [4.69, 9.17) is 0 Å². The van der Waals surface area contributed by atoms with Crippen LogP contribution in [0.4, 0.5) is 5.69 Å². The van der Waals surface area contributed by atoms with Crippen molar-refractivity contribution in [2.24, 2.45) is 0 Å². The predicted molar refractivity (Wildman–Crippen MR) is 86.6 cm³/mol. The van der Waals surface area contributed by atoms with E-state index in [0.717, 1.165) is 38.0 Å². The molecule has 116 valence electrons. The van der Waals surface area contributed by atoms with Crippen LogP contribution in [0.2, 0.25) is 0 Å². The molecule has 4 nitrogen and oxygen atoms in total. The first-order valence-electron chi connectivity index (χ1n) is 8.27. The van der Waals surface area contributed by atoms with Crippen LogP contribution in [-0.4, -0.2) is 34.9 Å². The second-order valence-electron chi connectivity index (χ2n) is 5.74. The first-order chi connectivity index (χ1) is 10.3. The molecule has 1 amide bonds. The lowest BCUT2D eigenvalue weighted by atomic mass is 9.94. The van der Waals surface area contributed by atoms with Crippen LogP contribution in [0.5, 0.6) is 0 Å². The maximum Gasteiger partial charge on any atom is 0.272 e. The number of nitrogens with zero attached hydrogens (tertiary/aromatic N) is 2. The Hall–Kier alpha value is -1.58. The molecule has 4 heteroatoms. The average Bonchev–Trinajstić information content (AvgIpc) is 2.55. The van der Waals surface area contributed by atoms with E-state index >= 15 is 0 Å². The van der Waals surface area contributed by atoms with E-state index in [1.165, 1.54) is 19.3 Å². The molecular weight excluding hydrogens is 262 g/mol. The summed E-state index contributed by atoms with van der Waals surface area (Å²) in [5, 5.41) is 3.28. The summed E-state index contributed by atoms with van der Waals surface area (Å²) >= 11 is 0. The largest absolute Gasteiger partial charge is 0.384 e. The average molecular weight is 289 g/mol. The zero-order chi connectivity index (χ0) is 15.1. The maximum absolute atomic E-state index is 12.6. The predicted octanol–water partition coefficient (Wildman–Crippen LogP) is 3.70. The molecule has 1 fully saturated rings. The van der Waals surface area contributed by atoms with Crippen LogP contribution in [0.25, 0.3) is 0 Å². The van der Waals surface area contributed by atoms with E-state index in [1.54, 1.807) is 6.20 Å². The molecule has 1 aromatic heterocycles. The van der Waals surface area contributed by atoms with Crippen LogP contribution in [0, 0.1) is 0 Å². The van der Waals surface area contributed by atoms with Crippen molar-refractivity contribution in [2.75, 3.05) is 18.4 Å². The number of nitrogens with one attached hydrogen (secondary N) is 1. The number of aromatic nitrogens is 1. The van der Waals surface area contributed by atoms with E-state index < -0.39 is 0 Å². The van der Waals surface area contributed by atoms with Crippen molar-refractivity contribution in [3.63, 3.8) is 0 Å². The van der Waals surface area contributed by atoms with Gasteiger partial charge in [0, 0.05) is 19.1 Å². The zero-order valence-electron chi connectivity index (χ0n) is 13.3. The summed E-state index contributed by atoms with van der Waals surface area (Å²) in [5.74, 6) is 0.0754. The molecular formula is C17H27N3O. The summed E-state index contributed by atoms with van der Waals surface area (Å²) in [6, 6.07) is 4.19. The Morgan fingerprint density at radius 2 is 2.05 bits per heavy atom. The van der Waals surface area contributed by atoms with Gasteiger partial charge in [-0.2, -0.15) is 0 Å². The summed E-state index contributed by atoms with van der Waals surface area (Å²) in [7, 11) is 0. The van der Waals surface area contributed by atoms with E-state index in [2.05, 4.69) is 24.1 Å². The van der Waals surface area contributed by atoms with Gasteiger partial charge in [-0.25, -0.2) is 4.98 Å². The minimum atomic E-state index is 0.0754. The monoisotopic (exact) mass is 289 g/mol. The highest BCUT2D eigenvalue weighted by molar-refractivity contribution is 5.92. The molecule has 1 aliphatic rings. The lowest BCUT2D eigenvalue weighted by Crippen LogP contribution is -2.41. The van der Waals surface area contributed by atoms with Crippen molar-refractivity contribution in [2.45, 2.75) is 58.4 Å². The van der Waals surface area contributed by atoms with Gasteiger partial charge in [0.25, 0.3) is 5.91 Å². The molecule has 2 rings (SSSR count). The van der Waals surface area contributed by atoms with Gasteiger partial charge in [0.2, 0.25) is 0 Å². The number of anilines is 1. The Balaban J connectivity index is 2.02. The summed E-state index contributed by atoms with van der Waals surface area (Å²) in [5.41, 5.74) is 1.54. The van der Waals surface area contributed by atoms with Gasteiger partial charge in [0.1, 0.15) is 5.69 Å². The highest BCUT2D eigenvalue weighted by Crippen LogP contribution is 2.23. The molecule has 0 aliphatic heterocycles. The molecule has 0 saturated heterocycles. The number of hydrogen-bond donors (Lipinski definition) is 1. The lowest BCUT2D eigenvalue weighted by molar-refractivity contribution is 0.0642. The van der Waals surface area contributed by atoms with E-state index in [9.17, 15) is 4.79 Å². The molecule has 0 aromatic carbocycles. The van der Waals surface area contributed by atoms with Gasteiger partial charge >= 0.3 is 0 Å². The Labute approximate surface area is 127 Å². The SMILES string of the molecule is CCCNc1ccc(C(=O)N(CC)C2CCCCC2)nc1. The fourth-order valence-corrected chi connectivity index (χ4v) is 3.00. The Morgan fingerprint density at radius 1 is 1.29 bits per heavy atom.